The van der Waals surface area contributed by atoms with Crippen molar-refractivity contribution in [3.8, 4) is 0 Å². The summed E-state index contributed by atoms with van der Waals surface area (Å²) in [6.45, 7) is 0. The van der Waals surface area contributed by atoms with Crippen LogP contribution in [0.15, 0.2) is 48.7 Å². The summed E-state index contributed by atoms with van der Waals surface area (Å²) in [5.41, 5.74) is 1.46. The molecule has 0 radical (unpaired) electrons. The molecule has 0 bridgehead atoms. The Morgan fingerprint density at radius 1 is 1.08 bits per heavy atom. The van der Waals surface area contributed by atoms with Gasteiger partial charge in [-0.3, -0.25) is 9.78 Å². The van der Waals surface area contributed by atoms with Crippen molar-refractivity contribution < 1.29 is 23.5 Å². The van der Waals surface area contributed by atoms with Crippen LogP contribution in [-0.4, -0.2) is 33.0 Å². The Bertz CT molecular complexity index is 994. The molecule has 0 saturated heterocycles. The number of aromatic nitrogens is 2. The summed E-state index contributed by atoms with van der Waals surface area (Å²) >= 11 is 0. The molecule has 2 aromatic carbocycles. The van der Waals surface area contributed by atoms with Gasteiger partial charge in [-0.1, -0.05) is 12.1 Å². The Hall–Kier alpha value is -3.42. The lowest BCUT2D eigenvalue weighted by molar-refractivity contribution is -0.139. The highest BCUT2D eigenvalue weighted by atomic mass is 19.2. The Kier molecular flexibility index (Phi) is 4.83. The van der Waals surface area contributed by atoms with E-state index in [-0.39, 0.29) is 12.0 Å². The zero-order chi connectivity index (χ0) is 18.7. The molecule has 0 unspecified atom stereocenters. The molecule has 1 amide bonds. The number of carbonyl (C=O) groups excluding carboxylic acids is 1. The number of carbonyl (C=O) groups is 2. The van der Waals surface area contributed by atoms with Gasteiger partial charge in [0.25, 0.3) is 5.91 Å². The standard InChI is InChI=1S/C18H13F2N3O3/c19-12-6-5-10(7-13(12)20)17(24)23-16(18(25)26)8-11-9-21-14-3-1-2-4-15(14)22-11/h1-7,9,16H,8H2,(H,23,24)(H,25,26)/t16-/m0/s1. The monoisotopic (exact) mass is 357 g/mol. The topological polar surface area (TPSA) is 92.2 Å². The molecule has 6 nitrogen and oxygen atoms in total. The fraction of sp³-hybridized carbons (Fsp3) is 0.111. The molecule has 3 aromatic rings. The van der Waals surface area contributed by atoms with Gasteiger partial charge in [0.2, 0.25) is 0 Å². The Balaban J connectivity index is 1.78. The molecule has 0 spiro atoms. The van der Waals surface area contributed by atoms with E-state index in [0.717, 1.165) is 12.1 Å². The number of para-hydroxylation sites is 2. The van der Waals surface area contributed by atoms with E-state index < -0.39 is 29.6 Å². The number of hydrogen-bond acceptors (Lipinski definition) is 4. The number of halogens is 2. The highest BCUT2D eigenvalue weighted by Crippen LogP contribution is 2.11. The first kappa shape index (κ1) is 17.4. The molecule has 1 atom stereocenters. The Labute approximate surface area is 146 Å². The zero-order valence-corrected chi connectivity index (χ0v) is 13.3. The van der Waals surface area contributed by atoms with E-state index in [0.29, 0.717) is 22.8 Å². The molecule has 3 rings (SSSR count). The van der Waals surface area contributed by atoms with Crippen LogP contribution in [0.5, 0.6) is 0 Å². The molecule has 1 aromatic heterocycles. The van der Waals surface area contributed by atoms with Crippen LogP contribution >= 0.6 is 0 Å². The lowest BCUT2D eigenvalue weighted by atomic mass is 10.1. The SMILES string of the molecule is O=C(N[C@@H](Cc1cnc2ccccc2n1)C(=O)O)c1ccc(F)c(F)c1. The highest BCUT2D eigenvalue weighted by Gasteiger charge is 2.22. The van der Waals surface area contributed by atoms with Crippen molar-refractivity contribution in [3.63, 3.8) is 0 Å². The van der Waals surface area contributed by atoms with Gasteiger partial charge in [0, 0.05) is 18.2 Å². The number of nitrogens with zero attached hydrogens (tertiary/aromatic N) is 2. The van der Waals surface area contributed by atoms with E-state index in [4.69, 9.17) is 0 Å². The fourth-order valence-electron chi connectivity index (χ4n) is 2.38. The average molecular weight is 357 g/mol. The van der Waals surface area contributed by atoms with Gasteiger partial charge in [-0.25, -0.2) is 18.6 Å². The van der Waals surface area contributed by atoms with E-state index in [1.807, 2.05) is 0 Å². The van der Waals surface area contributed by atoms with Crippen molar-refractivity contribution in [1.82, 2.24) is 15.3 Å². The van der Waals surface area contributed by atoms with Gasteiger partial charge in [-0.15, -0.1) is 0 Å². The summed E-state index contributed by atoms with van der Waals surface area (Å²) in [4.78, 5) is 32.1. The summed E-state index contributed by atoms with van der Waals surface area (Å²) in [5.74, 6) is -4.39. The molecule has 0 aliphatic rings. The number of carboxylic acid groups (broad SMARTS) is 1. The maximum Gasteiger partial charge on any atom is 0.326 e. The van der Waals surface area contributed by atoms with E-state index in [1.165, 1.54) is 6.20 Å². The summed E-state index contributed by atoms with van der Waals surface area (Å²) in [5, 5.41) is 11.6. The molecule has 0 aliphatic carbocycles. The summed E-state index contributed by atoms with van der Waals surface area (Å²) < 4.78 is 26.2. The molecule has 0 aliphatic heterocycles. The molecule has 0 fully saturated rings. The van der Waals surface area contributed by atoms with Gasteiger partial charge in [-0.05, 0) is 30.3 Å². The second-order valence-corrected chi connectivity index (χ2v) is 5.55. The van der Waals surface area contributed by atoms with Gasteiger partial charge in [-0.2, -0.15) is 0 Å². The molecule has 132 valence electrons. The smallest absolute Gasteiger partial charge is 0.326 e. The number of fused-ring (bicyclic) bond motifs is 1. The van der Waals surface area contributed by atoms with Crippen molar-refractivity contribution in [2.75, 3.05) is 0 Å². The van der Waals surface area contributed by atoms with Crippen LogP contribution in [0.3, 0.4) is 0 Å². The number of carboxylic acids is 1. The first-order valence-electron chi connectivity index (χ1n) is 7.63. The van der Waals surface area contributed by atoms with Crippen LogP contribution in [0.2, 0.25) is 0 Å². The number of hydrogen-bond donors (Lipinski definition) is 2. The van der Waals surface area contributed by atoms with Crippen LogP contribution in [0, 0.1) is 11.6 Å². The first-order chi connectivity index (χ1) is 12.4. The maximum absolute atomic E-state index is 13.2. The highest BCUT2D eigenvalue weighted by molar-refractivity contribution is 5.96. The average Bonchev–Trinajstić information content (AvgIpc) is 2.63. The number of benzene rings is 2. The summed E-state index contributed by atoms with van der Waals surface area (Å²) in [6, 6.07) is 8.37. The van der Waals surface area contributed by atoms with Crippen molar-refractivity contribution in [2.45, 2.75) is 12.5 Å². The van der Waals surface area contributed by atoms with Gasteiger partial charge >= 0.3 is 5.97 Å². The van der Waals surface area contributed by atoms with Gasteiger partial charge in [0.15, 0.2) is 11.6 Å². The molecule has 8 heteroatoms. The molecular formula is C18H13F2N3O3. The number of aliphatic carboxylic acids is 1. The van der Waals surface area contributed by atoms with Crippen molar-refractivity contribution >= 4 is 22.9 Å². The molecule has 26 heavy (non-hydrogen) atoms. The van der Waals surface area contributed by atoms with E-state index >= 15 is 0 Å². The van der Waals surface area contributed by atoms with Crippen LogP contribution < -0.4 is 5.32 Å². The van der Waals surface area contributed by atoms with Gasteiger partial charge in [0.05, 0.1) is 16.7 Å². The normalized spacial score (nSPS) is 11.9. The number of rotatable bonds is 5. The third-order valence-electron chi connectivity index (χ3n) is 3.70. The largest absolute Gasteiger partial charge is 0.480 e. The van der Waals surface area contributed by atoms with Crippen molar-refractivity contribution in [1.29, 1.82) is 0 Å². The van der Waals surface area contributed by atoms with E-state index in [2.05, 4.69) is 15.3 Å². The lowest BCUT2D eigenvalue weighted by Crippen LogP contribution is -2.42. The van der Waals surface area contributed by atoms with Crippen LogP contribution in [0.1, 0.15) is 16.1 Å². The van der Waals surface area contributed by atoms with Crippen molar-refractivity contribution in [3.05, 3.63) is 71.6 Å². The predicted octanol–water partition coefficient (Wildman–Crippen LogP) is 2.33. The second kappa shape index (κ2) is 7.22. The van der Waals surface area contributed by atoms with E-state index in [9.17, 15) is 23.5 Å². The van der Waals surface area contributed by atoms with Crippen LogP contribution in [-0.2, 0) is 11.2 Å². The van der Waals surface area contributed by atoms with Gasteiger partial charge in [0.1, 0.15) is 6.04 Å². The zero-order valence-electron chi connectivity index (χ0n) is 13.3. The second-order valence-electron chi connectivity index (χ2n) is 5.55. The molecule has 0 saturated carbocycles. The Morgan fingerprint density at radius 2 is 1.81 bits per heavy atom. The van der Waals surface area contributed by atoms with Crippen LogP contribution in [0.4, 0.5) is 8.78 Å². The van der Waals surface area contributed by atoms with Crippen LogP contribution in [0.25, 0.3) is 11.0 Å². The minimum atomic E-state index is -1.30. The minimum Gasteiger partial charge on any atom is -0.480 e. The van der Waals surface area contributed by atoms with E-state index in [1.54, 1.807) is 24.3 Å². The predicted molar refractivity (Wildman–Crippen MR) is 88.5 cm³/mol. The Morgan fingerprint density at radius 3 is 2.50 bits per heavy atom. The summed E-state index contributed by atoms with van der Waals surface area (Å²) in [6.07, 6.45) is 1.32. The number of nitrogens with one attached hydrogen (secondary N) is 1. The van der Waals surface area contributed by atoms with Crippen molar-refractivity contribution in [2.24, 2.45) is 0 Å². The quantitative estimate of drug-likeness (QED) is 0.731. The third-order valence-corrected chi connectivity index (χ3v) is 3.70. The number of amides is 1. The third kappa shape index (κ3) is 3.80. The molecule has 2 N–H and O–H groups in total. The van der Waals surface area contributed by atoms with Gasteiger partial charge < -0.3 is 10.4 Å². The lowest BCUT2D eigenvalue weighted by Gasteiger charge is -2.14. The fourth-order valence-corrected chi connectivity index (χ4v) is 2.38. The molecule has 1 heterocycles. The first-order valence-corrected chi connectivity index (χ1v) is 7.63. The minimum absolute atomic E-state index is 0.109. The molecular weight excluding hydrogens is 344 g/mol. The maximum atomic E-state index is 13.2. The summed E-state index contributed by atoms with van der Waals surface area (Å²) in [7, 11) is 0.